The maximum Gasteiger partial charge on any atom is 0.241 e. The van der Waals surface area contributed by atoms with E-state index in [1.807, 2.05) is 62.4 Å². The standard InChI is InChI=1S/C23H26N4O2/c1-15-8-5-9-16(2)22(15)26-21(28)14-27(4)17(3)23(29)25-20-12-6-11-19-18(20)10-7-13-24-19/h5-13,17H,14H2,1-4H3,(H,25,29)(H,26,28). The van der Waals surface area contributed by atoms with Crippen molar-refractivity contribution in [3.05, 3.63) is 65.9 Å². The molecule has 0 spiro atoms. The minimum atomic E-state index is -0.481. The number of aryl methyl sites for hydroxylation is 2. The van der Waals surface area contributed by atoms with E-state index in [1.54, 1.807) is 25.1 Å². The Morgan fingerprint density at radius 2 is 1.69 bits per heavy atom. The first-order chi connectivity index (χ1) is 13.9. The lowest BCUT2D eigenvalue weighted by molar-refractivity contribution is -0.122. The molecule has 2 aromatic carbocycles. The van der Waals surface area contributed by atoms with Crippen LogP contribution in [0.15, 0.2) is 54.7 Å². The lowest BCUT2D eigenvalue weighted by atomic mass is 10.1. The maximum atomic E-state index is 12.7. The smallest absolute Gasteiger partial charge is 0.241 e. The third kappa shape index (κ3) is 4.78. The Labute approximate surface area is 170 Å². The van der Waals surface area contributed by atoms with E-state index in [0.717, 1.165) is 27.7 Å². The number of pyridine rings is 1. The molecular formula is C23H26N4O2. The molecule has 29 heavy (non-hydrogen) atoms. The summed E-state index contributed by atoms with van der Waals surface area (Å²) in [6.07, 6.45) is 1.72. The second-order valence-electron chi connectivity index (χ2n) is 7.27. The van der Waals surface area contributed by atoms with Crippen LogP contribution in [0.5, 0.6) is 0 Å². The van der Waals surface area contributed by atoms with E-state index in [0.29, 0.717) is 5.69 Å². The molecule has 0 radical (unpaired) electrons. The SMILES string of the molecule is Cc1cccc(C)c1NC(=O)CN(C)C(C)C(=O)Nc1cccc2ncccc12. The molecule has 3 rings (SSSR count). The number of hydrogen-bond acceptors (Lipinski definition) is 4. The average molecular weight is 390 g/mol. The molecule has 0 saturated carbocycles. The number of likely N-dealkylation sites (N-methyl/N-ethyl adjacent to an activating group) is 1. The van der Waals surface area contributed by atoms with Gasteiger partial charge >= 0.3 is 0 Å². The molecule has 2 amide bonds. The monoisotopic (exact) mass is 390 g/mol. The quantitative estimate of drug-likeness (QED) is 0.672. The molecule has 0 aliphatic rings. The van der Waals surface area contributed by atoms with Gasteiger partial charge < -0.3 is 10.6 Å². The summed E-state index contributed by atoms with van der Waals surface area (Å²) in [7, 11) is 1.76. The predicted molar refractivity (Wildman–Crippen MR) is 117 cm³/mol. The van der Waals surface area contributed by atoms with E-state index in [9.17, 15) is 9.59 Å². The second kappa shape index (κ2) is 8.84. The number of aromatic nitrogens is 1. The van der Waals surface area contributed by atoms with Gasteiger partial charge in [0, 0.05) is 17.3 Å². The van der Waals surface area contributed by atoms with Crippen LogP contribution in [-0.4, -0.2) is 41.3 Å². The van der Waals surface area contributed by atoms with Gasteiger partial charge in [0.2, 0.25) is 11.8 Å². The van der Waals surface area contributed by atoms with Gasteiger partial charge in [-0.05, 0) is 63.2 Å². The summed E-state index contributed by atoms with van der Waals surface area (Å²) in [5.41, 5.74) is 4.37. The number of benzene rings is 2. The van der Waals surface area contributed by atoms with Crippen LogP contribution in [0.1, 0.15) is 18.1 Å². The molecule has 6 heteroatoms. The fourth-order valence-electron chi connectivity index (χ4n) is 3.20. The Balaban J connectivity index is 1.64. The number of hydrogen-bond donors (Lipinski definition) is 2. The fraction of sp³-hybridized carbons (Fsp3) is 0.261. The van der Waals surface area contributed by atoms with Gasteiger partial charge in [0.15, 0.2) is 0 Å². The van der Waals surface area contributed by atoms with Crippen molar-refractivity contribution in [3.63, 3.8) is 0 Å². The molecule has 1 atom stereocenters. The number of amides is 2. The van der Waals surface area contributed by atoms with Crippen molar-refractivity contribution in [1.82, 2.24) is 9.88 Å². The molecule has 150 valence electrons. The first-order valence-corrected chi connectivity index (χ1v) is 9.57. The predicted octanol–water partition coefficient (Wildman–Crippen LogP) is 3.75. The van der Waals surface area contributed by atoms with Gasteiger partial charge in [0.25, 0.3) is 0 Å². The molecular weight excluding hydrogens is 364 g/mol. The average Bonchev–Trinajstić information content (AvgIpc) is 2.70. The molecule has 0 aliphatic carbocycles. The topological polar surface area (TPSA) is 74.3 Å². The lowest BCUT2D eigenvalue weighted by Gasteiger charge is -2.24. The van der Waals surface area contributed by atoms with Crippen molar-refractivity contribution in [1.29, 1.82) is 0 Å². The summed E-state index contributed by atoms with van der Waals surface area (Å²) in [6.45, 7) is 5.81. The van der Waals surface area contributed by atoms with Crippen molar-refractivity contribution in [2.75, 3.05) is 24.2 Å². The Hall–Kier alpha value is -3.25. The summed E-state index contributed by atoms with van der Waals surface area (Å²) in [6, 6.07) is 14.8. The minimum absolute atomic E-state index is 0.111. The maximum absolute atomic E-state index is 12.7. The van der Waals surface area contributed by atoms with Gasteiger partial charge in [-0.15, -0.1) is 0 Å². The van der Waals surface area contributed by atoms with E-state index < -0.39 is 6.04 Å². The van der Waals surface area contributed by atoms with Gasteiger partial charge in [-0.2, -0.15) is 0 Å². The van der Waals surface area contributed by atoms with Crippen LogP contribution in [0.2, 0.25) is 0 Å². The van der Waals surface area contributed by atoms with Crippen LogP contribution in [0, 0.1) is 13.8 Å². The molecule has 3 aromatic rings. The van der Waals surface area contributed by atoms with Gasteiger partial charge in [0.05, 0.1) is 23.8 Å². The molecule has 6 nitrogen and oxygen atoms in total. The summed E-state index contributed by atoms with van der Waals surface area (Å²) < 4.78 is 0. The van der Waals surface area contributed by atoms with E-state index in [-0.39, 0.29) is 18.4 Å². The van der Waals surface area contributed by atoms with Crippen LogP contribution in [0.3, 0.4) is 0 Å². The highest BCUT2D eigenvalue weighted by molar-refractivity contribution is 6.03. The Morgan fingerprint density at radius 1 is 1.00 bits per heavy atom. The fourth-order valence-corrected chi connectivity index (χ4v) is 3.20. The second-order valence-corrected chi connectivity index (χ2v) is 7.27. The number of para-hydroxylation sites is 1. The lowest BCUT2D eigenvalue weighted by Crippen LogP contribution is -2.43. The van der Waals surface area contributed by atoms with Crippen molar-refractivity contribution >= 4 is 34.1 Å². The van der Waals surface area contributed by atoms with Crippen molar-refractivity contribution in [2.24, 2.45) is 0 Å². The molecule has 2 N–H and O–H groups in total. The number of nitrogens with zero attached hydrogens (tertiary/aromatic N) is 2. The van der Waals surface area contributed by atoms with Crippen LogP contribution in [0.4, 0.5) is 11.4 Å². The first kappa shape index (κ1) is 20.5. The largest absolute Gasteiger partial charge is 0.324 e. The van der Waals surface area contributed by atoms with E-state index in [1.165, 1.54) is 0 Å². The minimum Gasteiger partial charge on any atom is -0.324 e. The van der Waals surface area contributed by atoms with E-state index in [2.05, 4.69) is 15.6 Å². The molecule has 1 heterocycles. The number of nitrogens with one attached hydrogen (secondary N) is 2. The number of anilines is 2. The molecule has 0 bridgehead atoms. The molecule has 1 aromatic heterocycles. The van der Waals surface area contributed by atoms with Crippen LogP contribution >= 0.6 is 0 Å². The third-order valence-electron chi connectivity index (χ3n) is 5.08. The zero-order valence-corrected chi connectivity index (χ0v) is 17.2. The summed E-state index contributed by atoms with van der Waals surface area (Å²) in [5, 5.41) is 6.79. The van der Waals surface area contributed by atoms with Gasteiger partial charge in [-0.1, -0.05) is 24.3 Å². The number of rotatable bonds is 6. The van der Waals surface area contributed by atoms with E-state index in [4.69, 9.17) is 0 Å². The number of carbonyl (C=O) groups excluding carboxylic acids is 2. The van der Waals surface area contributed by atoms with E-state index >= 15 is 0 Å². The molecule has 1 unspecified atom stereocenters. The summed E-state index contributed by atoms with van der Waals surface area (Å²) in [5.74, 6) is -0.331. The van der Waals surface area contributed by atoms with Gasteiger partial charge in [-0.25, -0.2) is 0 Å². The van der Waals surface area contributed by atoms with Crippen LogP contribution in [-0.2, 0) is 9.59 Å². The Bertz CT molecular complexity index is 1020. The highest BCUT2D eigenvalue weighted by Gasteiger charge is 2.21. The summed E-state index contributed by atoms with van der Waals surface area (Å²) in [4.78, 5) is 31.3. The molecule has 0 fully saturated rings. The third-order valence-corrected chi connectivity index (χ3v) is 5.08. The van der Waals surface area contributed by atoms with Crippen LogP contribution < -0.4 is 10.6 Å². The highest BCUT2D eigenvalue weighted by Crippen LogP contribution is 2.22. The number of carbonyl (C=O) groups is 2. The Kier molecular flexibility index (Phi) is 6.24. The first-order valence-electron chi connectivity index (χ1n) is 9.57. The molecule has 0 saturated heterocycles. The number of fused-ring (bicyclic) bond motifs is 1. The van der Waals surface area contributed by atoms with Crippen molar-refractivity contribution < 1.29 is 9.59 Å². The molecule has 0 aliphatic heterocycles. The zero-order valence-electron chi connectivity index (χ0n) is 17.2. The summed E-state index contributed by atoms with van der Waals surface area (Å²) >= 11 is 0. The van der Waals surface area contributed by atoms with Crippen LogP contribution in [0.25, 0.3) is 10.9 Å². The normalized spacial score (nSPS) is 12.0. The van der Waals surface area contributed by atoms with Crippen molar-refractivity contribution in [2.45, 2.75) is 26.8 Å². The van der Waals surface area contributed by atoms with Gasteiger partial charge in [-0.3, -0.25) is 19.5 Å². The highest BCUT2D eigenvalue weighted by atomic mass is 16.2. The van der Waals surface area contributed by atoms with Gasteiger partial charge in [0.1, 0.15) is 0 Å². The Morgan fingerprint density at radius 3 is 2.41 bits per heavy atom. The van der Waals surface area contributed by atoms with Crippen molar-refractivity contribution in [3.8, 4) is 0 Å². The zero-order chi connectivity index (χ0) is 21.0.